The van der Waals surface area contributed by atoms with Crippen molar-refractivity contribution in [1.82, 2.24) is 15.2 Å². The van der Waals surface area contributed by atoms with Crippen molar-refractivity contribution < 1.29 is 9.59 Å². The molecule has 0 spiro atoms. The monoisotopic (exact) mass is 393 g/mol. The second kappa shape index (κ2) is 9.21. The number of aromatic nitrogens is 1. The van der Waals surface area contributed by atoms with Crippen LogP contribution >= 0.6 is 0 Å². The van der Waals surface area contributed by atoms with Gasteiger partial charge in [0, 0.05) is 37.9 Å². The summed E-state index contributed by atoms with van der Waals surface area (Å²) in [6.45, 7) is 7.05. The maximum Gasteiger partial charge on any atom is 0.228 e. The fourth-order valence-corrected chi connectivity index (χ4v) is 4.25. The van der Waals surface area contributed by atoms with Crippen molar-refractivity contribution in [3.05, 3.63) is 54.4 Å². The number of hydrogen-bond acceptors (Lipinski definition) is 3. The lowest BCUT2D eigenvalue weighted by Gasteiger charge is -2.42. The molecule has 1 saturated heterocycles. The first-order valence-electron chi connectivity index (χ1n) is 10.5. The van der Waals surface area contributed by atoms with E-state index in [-0.39, 0.29) is 17.9 Å². The zero-order chi connectivity index (χ0) is 20.9. The molecule has 29 heavy (non-hydrogen) atoms. The minimum Gasteiger partial charge on any atom is -0.353 e. The van der Waals surface area contributed by atoms with Gasteiger partial charge >= 0.3 is 0 Å². The largest absolute Gasteiger partial charge is 0.353 e. The summed E-state index contributed by atoms with van der Waals surface area (Å²) in [7, 11) is 0. The quantitative estimate of drug-likeness (QED) is 0.811. The highest BCUT2D eigenvalue weighted by atomic mass is 16.2. The molecule has 1 atom stereocenters. The minimum atomic E-state index is -0.615. The van der Waals surface area contributed by atoms with Gasteiger partial charge in [0.2, 0.25) is 11.8 Å². The molecule has 1 fully saturated rings. The van der Waals surface area contributed by atoms with Crippen LogP contribution < -0.4 is 5.32 Å². The number of piperidine rings is 1. The Hall–Kier alpha value is -2.69. The van der Waals surface area contributed by atoms with Crippen molar-refractivity contribution in [3.8, 4) is 11.1 Å². The average molecular weight is 394 g/mol. The number of benzene rings is 1. The van der Waals surface area contributed by atoms with Gasteiger partial charge in [0.15, 0.2) is 0 Å². The number of amides is 2. The second-order valence-electron chi connectivity index (χ2n) is 8.25. The summed E-state index contributed by atoms with van der Waals surface area (Å²) in [6, 6.07) is 12.3. The van der Waals surface area contributed by atoms with Crippen LogP contribution in [0.2, 0.25) is 0 Å². The van der Waals surface area contributed by atoms with Crippen molar-refractivity contribution in [2.24, 2.45) is 5.41 Å². The maximum atomic E-state index is 13.4. The van der Waals surface area contributed by atoms with E-state index < -0.39 is 5.41 Å². The summed E-state index contributed by atoms with van der Waals surface area (Å²) >= 11 is 0. The molecule has 0 aliphatic carbocycles. The smallest absolute Gasteiger partial charge is 0.228 e. The van der Waals surface area contributed by atoms with Gasteiger partial charge < -0.3 is 10.2 Å². The van der Waals surface area contributed by atoms with Gasteiger partial charge in [-0.25, -0.2) is 0 Å². The zero-order valence-corrected chi connectivity index (χ0v) is 17.6. The highest BCUT2D eigenvalue weighted by molar-refractivity contribution is 5.85. The Kier molecular flexibility index (Phi) is 6.68. The number of pyridine rings is 1. The fourth-order valence-electron chi connectivity index (χ4n) is 4.25. The highest BCUT2D eigenvalue weighted by Gasteiger charge is 2.43. The molecule has 2 heterocycles. The first kappa shape index (κ1) is 21.0. The molecular formula is C24H31N3O2. The van der Waals surface area contributed by atoms with E-state index in [2.05, 4.69) is 22.4 Å². The third kappa shape index (κ3) is 4.84. The molecule has 5 heteroatoms. The van der Waals surface area contributed by atoms with E-state index in [1.165, 1.54) is 0 Å². The third-order valence-electron chi connectivity index (χ3n) is 5.67. The summed E-state index contributed by atoms with van der Waals surface area (Å²) in [5.41, 5.74) is 2.72. The van der Waals surface area contributed by atoms with Crippen molar-refractivity contribution in [3.63, 3.8) is 0 Å². The number of carbonyl (C=O) groups excluding carboxylic acids is 2. The highest BCUT2D eigenvalue weighted by Crippen LogP contribution is 2.37. The predicted octanol–water partition coefficient (Wildman–Crippen LogP) is 3.83. The van der Waals surface area contributed by atoms with Crippen LogP contribution in [0.5, 0.6) is 0 Å². The van der Waals surface area contributed by atoms with Crippen molar-refractivity contribution in [1.29, 1.82) is 0 Å². The normalized spacial score (nSPS) is 19.2. The second-order valence-corrected chi connectivity index (χ2v) is 8.25. The molecule has 2 aromatic rings. The van der Waals surface area contributed by atoms with Gasteiger partial charge in [0.1, 0.15) is 0 Å². The standard InChI is InChI=1S/C24H31N3O2/c1-4-22(28)27-15-7-12-24(17-27,23(29)26-18(2)3)16-20-8-5-6-9-21(20)19-10-13-25-14-11-19/h5-6,8-11,13-14,18H,4,7,12,15-17H2,1-3H3,(H,26,29)/t24-/m0/s1. The van der Waals surface area contributed by atoms with Gasteiger partial charge in [-0.15, -0.1) is 0 Å². The van der Waals surface area contributed by atoms with E-state index in [9.17, 15) is 9.59 Å². The van der Waals surface area contributed by atoms with E-state index in [0.717, 1.165) is 36.1 Å². The SMILES string of the molecule is CCC(=O)N1CCC[C@@](Cc2ccccc2-c2ccncc2)(C(=O)NC(C)C)C1. The van der Waals surface area contributed by atoms with Crippen LogP contribution in [0.3, 0.4) is 0 Å². The minimum absolute atomic E-state index is 0.0469. The molecular weight excluding hydrogens is 362 g/mol. The molecule has 1 aliphatic rings. The molecule has 0 radical (unpaired) electrons. The van der Waals surface area contributed by atoms with Crippen LogP contribution in [0.4, 0.5) is 0 Å². The maximum absolute atomic E-state index is 13.4. The molecule has 1 N–H and O–H groups in total. The number of hydrogen-bond donors (Lipinski definition) is 1. The predicted molar refractivity (Wildman–Crippen MR) is 115 cm³/mol. The molecule has 1 aromatic carbocycles. The Balaban J connectivity index is 1.98. The molecule has 0 saturated carbocycles. The van der Waals surface area contributed by atoms with E-state index in [4.69, 9.17) is 0 Å². The van der Waals surface area contributed by atoms with Gasteiger partial charge in [-0.1, -0.05) is 31.2 Å². The van der Waals surface area contributed by atoms with E-state index >= 15 is 0 Å². The lowest BCUT2D eigenvalue weighted by Crippen LogP contribution is -2.55. The Morgan fingerprint density at radius 2 is 1.90 bits per heavy atom. The molecule has 1 aromatic heterocycles. The van der Waals surface area contributed by atoms with Gasteiger partial charge in [-0.05, 0) is 61.9 Å². The van der Waals surface area contributed by atoms with Crippen molar-refractivity contribution in [2.75, 3.05) is 13.1 Å². The number of likely N-dealkylation sites (tertiary alicyclic amines) is 1. The summed E-state index contributed by atoms with van der Waals surface area (Å²) in [6.07, 6.45) is 6.27. The topological polar surface area (TPSA) is 62.3 Å². The zero-order valence-electron chi connectivity index (χ0n) is 17.6. The van der Waals surface area contributed by atoms with E-state index in [1.54, 1.807) is 12.4 Å². The molecule has 5 nitrogen and oxygen atoms in total. The van der Waals surface area contributed by atoms with Crippen molar-refractivity contribution in [2.45, 2.75) is 52.5 Å². The lowest BCUT2D eigenvalue weighted by atomic mass is 9.73. The molecule has 0 unspecified atom stereocenters. The Labute approximate surface area is 173 Å². The Morgan fingerprint density at radius 3 is 2.59 bits per heavy atom. The molecule has 1 aliphatic heterocycles. The van der Waals surface area contributed by atoms with Crippen LogP contribution in [0, 0.1) is 5.41 Å². The average Bonchev–Trinajstić information content (AvgIpc) is 2.74. The van der Waals surface area contributed by atoms with Crippen molar-refractivity contribution >= 4 is 11.8 Å². The summed E-state index contributed by atoms with van der Waals surface area (Å²) in [5, 5.41) is 3.12. The summed E-state index contributed by atoms with van der Waals surface area (Å²) in [5.74, 6) is 0.166. The molecule has 3 rings (SSSR count). The van der Waals surface area contributed by atoms with Crippen LogP contribution in [-0.2, 0) is 16.0 Å². The number of nitrogens with one attached hydrogen (secondary N) is 1. The number of nitrogens with zero attached hydrogens (tertiary/aromatic N) is 2. The van der Waals surface area contributed by atoms with E-state index in [1.807, 2.05) is 49.9 Å². The number of rotatable bonds is 6. The fraction of sp³-hybridized carbons (Fsp3) is 0.458. The first-order chi connectivity index (χ1) is 13.9. The van der Waals surface area contributed by atoms with Crippen LogP contribution in [0.15, 0.2) is 48.8 Å². The Morgan fingerprint density at radius 1 is 1.17 bits per heavy atom. The van der Waals surface area contributed by atoms with Gasteiger partial charge in [-0.2, -0.15) is 0 Å². The third-order valence-corrected chi connectivity index (χ3v) is 5.67. The van der Waals surface area contributed by atoms with E-state index in [0.29, 0.717) is 19.4 Å². The summed E-state index contributed by atoms with van der Waals surface area (Å²) in [4.78, 5) is 31.8. The van der Waals surface area contributed by atoms with Crippen LogP contribution in [0.25, 0.3) is 11.1 Å². The molecule has 0 bridgehead atoms. The number of carbonyl (C=O) groups is 2. The van der Waals surface area contributed by atoms with Crippen LogP contribution in [0.1, 0.15) is 45.6 Å². The molecule has 154 valence electrons. The van der Waals surface area contributed by atoms with Crippen LogP contribution in [-0.4, -0.2) is 40.8 Å². The lowest BCUT2D eigenvalue weighted by molar-refractivity contribution is -0.141. The summed E-state index contributed by atoms with van der Waals surface area (Å²) < 4.78 is 0. The Bertz CT molecular complexity index is 850. The molecule has 2 amide bonds. The van der Waals surface area contributed by atoms with Gasteiger partial charge in [0.05, 0.1) is 5.41 Å². The van der Waals surface area contributed by atoms with Gasteiger partial charge in [0.25, 0.3) is 0 Å². The van der Waals surface area contributed by atoms with Gasteiger partial charge in [-0.3, -0.25) is 14.6 Å². The first-order valence-corrected chi connectivity index (χ1v) is 10.5.